The minimum atomic E-state index is -4.47. The van der Waals surface area contributed by atoms with Gasteiger partial charge in [0.15, 0.2) is 0 Å². The van der Waals surface area contributed by atoms with E-state index in [1.54, 1.807) is 18.2 Å². The SMILES string of the molecule is NCc1ccc2[nH]c(C(F)(F)F)c(Cl)c2c1. The highest BCUT2D eigenvalue weighted by Gasteiger charge is 2.36. The maximum Gasteiger partial charge on any atom is 0.432 e. The van der Waals surface area contributed by atoms with Crippen molar-refractivity contribution < 1.29 is 13.2 Å². The number of aromatic amines is 1. The molecule has 2 rings (SSSR count). The lowest BCUT2D eigenvalue weighted by Gasteiger charge is -2.02. The van der Waals surface area contributed by atoms with Crippen molar-refractivity contribution in [3.63, 3.8) is 0 Å². The topological polar surface area (TPSA) is 41.8 Å². The van der Waals surface area contributed by atoms with Crippen LogP contribution in [0.5, 0.6) is 0 Å². The van der Waals surface area contributed by atoms with Crippen molar-refractivity contribution in [2.24, 2.45) is 5.73 Å². The zero-order valence-electron chi connectivity index (χ0n) is 8.03. The quantitative estimate of drug-likeness (QED) is 0.799. The van der Waals surface area contributed by atoms with Crippen LogP contribution in [0.2, 0.25) is 5.02 Å². The molecule has 6 heteroatoms. The molecule has 2 aromatic rings. The van der Waals surface area contributed by atoms with Crippen molar-refractivity contribution in [1.29, 1.82) is 0 Å². The van der Waals surface area contributed by atoms with Crippen LogP contribution in [0.15, 0.2) is 18.2 Å². The number of benzene rings is 1. The molecule has 3 N–H and O–H groups in total. The van der Waals surface area contributed by atoms with Gasteiger partial charge in [-0.05, 0) is 17.7 Å². The normalized spacial score (nSPS) is 12.3. The molecule has 0 aliphatic rings. The third-order valence-corrected chi connectivity index (χ3v) is 2.71. The fraction of sp³-hybridized carbons (Fsp3) is 0.200. The van der Waals surface area contributed by atoms with Gasteiger partial charge in [-0.2, -0.15) is 13.2 Å². The number of rotatable bonds is 1. The van der Waals surface area contributed by atoms with Crippen LogP contribution in [-0.2, 0) is 12.7 Å². The second-order valence-electron chi connectivity index (χ2n) is 3.40. The van der Waals surface area contributed by atoms with E-state index in [0.717, 1.165) is 5.56 Å². The smallest absolute Gasteiger partial charge is 0.350 e. The summed E-state index contributed by atoms with van der Waals surface area (Å²) in [7, 11) is 0. The Morgan fingerprint density at radius 3 is 2.56 bits per heavy atom. The number of alkyl halides is 3. The van der Waals surface area contributed by atoms with Crippen molar-refractivity contribution in [3.8, 4) is 0 Å². The number of aromatic nitrogens is 1. The fourth-order valence-electron chi connectivity index (χ4n) is 1.53. The third kappa shape index (κ3) is 1.76. The Kier molecular flexibility index (Phi) is 2.59. The molecular formula is C10H8ClF3N2. The second-order valence-corrected chi connectivity index (χ2v) is 3.77. The number of nitrogens with one attached hydrogen (secondary N) is 1. The Bertz CT molecular complexity index is 531. The highest BCUT2D eigenvalue weighted by Crippen LogP contribution is 2.38. The van der Waals surface area contributed by atoms with Crippen molar-refractivity contribution in [2.75, 3.05) is 0 Å². The van der Waals surface area contributed by atoms with Gasteiger partial charge in [-0.1, -0.05) is 17.7 Å². The van der Waals surface area contributed by atoms with Crippen LogP contribution in [0.25, 0.3) is 10.9 Å². The predicted molar refractivity (Wildman–Crippen MR) is 56.2 cm³/mol. The molecule has 1 aromatic heterocycles. The van der Waals surface area contributed by atoms with Crippen molar-refractivity contribution in [2.45, 2.75) is 12.7 Å². The molecule has 0 spiro atoms. The van der Waals surface area contributed by atoms with E-state index in [1.165, 1.54) is 0 Å². The summed E-state index contributed by atoms with van der Waals surface area (Å²) in [5.74, 6) is 0. The Morgan fingerprint density at radius 1 is 1.31 bits per heavy atom. The Labute approximate surface area is 94.2 Å². The lowest BCUT2D eigenvalue weighted by Crippen LogP contribution is -2.05. The van der Waals surface area contributed by atoms with Gasteiger partial charge in [0.2, 0.25) is 0 Å². The molecule has 0 amide bonds. The highest BCUT2D eigenvalue weighted by atomic mass is 35.5. The molecule has 1 heterocycles. The van der Waals surface area contributed by atoms with Gasteiger partial charge in [-0.25, -0.2) is 0 Å². The largest absolute Gasteiger partial charge is 0.432 e. The standard InChI is InChI=1S/C10H8ClF3N2/c11-8-6-3-5(4-15)1-2-7(6)16-9(8)10(12,13)14/h1-3,16H,4,15H2. The van der Waals surface area contributed by atoms with E-state index in [-0.39, 0.29) is 11.6 Å². The lowest BCUT2D eigenvalue weighted by molar-refractivity contribution is -0.140. The van der Waals surface area contributed by atoms with Crippen LogP contribution in [-0.4, -0.2) is 4.98 Å². The molecule has 86 valence electrons. The van der Waals surface area contributed by atoms with E-state index in [1.807, 2.05) is 0 Å². The van der Waals surface area contributed by atoms with E-state index < -0.39 is 11.9 Å². The molecule has 0 unspecified atom stereocenters. The summed E-state index contributed by atoms with van der Waals surface area (Å²) in [5.41, 5.74) is 5.58. The maximum atomic E-state index is 12.5. The first-order valence-electron chi connectivity index (χ1n) is 4.51. The summed E-state index contributed by atoms with van der Waals surface area (Å²) in [4.78, 5) is 2.26. The molecule has 0 aliphatic carbocycles. The first-order chi connectivity index (χ1) is 7.43. The second kappa shape index (κ2) is 3.68. The van der Waals surface area contributed by atoms with Crippen LogP contribution in [0.1, 0.15) is 11.3 Å². The van der Waals surface area contributed by atoms with Gasteiger partial charge in [-0.15, -0.1) is 0 Å². The van der Waals surface area contributed by atoms with E-state index in [0.29, 0.717) is 10.9 Å². The van der Waals surface area contributed by atoms with Crippen molar-refractivity contribution in [1.82, 2.24) is 4.98 Å². The summed E-state index contributed by atoms with van der Waals surface area (Å²) in [6, 6.07) is 4.76. The predicted octanol–water partition coefficient (Wildman–Crippen LogP) is 3.30. The molecule has 0 bridgehead atoms. The number of halogens is 4. The molecule has 0 fully saturated rings. The first-order valence-corrected chi connectivity index (χ1v) is 4.88. The van der Waals surface area contributed by atoms with Crippen molar-refractivity contribution >= 4 is 22.5 Å². The minimum Gasteiger partial charge on any atom is -0.350 e. The Morgan fingerprint density at radius 2 is 2.00 bits per heavy atom. The zero-order valence-corrected chi connectivity index (χ0v) is 8.78. The first kappa shape index (κ1) is 11.3. The summed E-state index contributed by atoms with van der Waals surface area (Å²) >= 11 is 5.68. The number of H-pyrrole nitrogens is 1. The van der Waals surface area contributed by atoms with Gasteiger partial charge in [0.25, 0.3) is 0 Å². The number of hydrogen-bond acceptors (Lipinski definition) is 1. The van der Waals surface area contributed by atoms with Gasteiger partial charge in [0, 0.05) is 17.4 Å². The van der Waals surface area contributed by atoms with Crippen LogP contribution < -0.4 is 5.73 Å². The third-order valence-electron chi connectivity index (χ3n) is 2.32. The van der Waals surface area contributed by atoms with Crippen molar-refractivity contribution in [3.05, 3.63) is 34.5 Å². The molecule has 1 aromatic carbocycles. The van der Waals surface area contributed by atoms with E-state index in [4.69, 9.17) is 17.3 Å². The van der Waals surface area contributed by atoms with Gasteiger partial charge in [0.1, 0.15) is 5.69 Å². The zero-order chi connectivity index (χ0) is 11.9. The van der Waals surface area contributed by atoms with Gasteiger partial charge in [0.05, 0.1) is 5.02 Å². The van der Waals surface area contributed by atoms with Crippen LogP contribution in [0, 0.1) is 0 Å². The maximum absolute atomic E-state index is 12.5. The minimum absolute atomic E-state index is 0.263. The van der Waals surface area contributed by atoms with Crippen LogP contribution in [0.3, 0.4) is 0 Å². The Balaban J connectivity index is 2.69. The average molecular weight is 249 g/mol. The Hall–Kier alpha value is -1.20. The summed E-state index contributed by atoms with van der Waals surface area (Å²) in [6.07, 6.45) is -4.47. The summed E-state index contributed by atoms with van der Waals surface area (Å²) in [5, 5.41) is 0.0368. The fourth-order valence-corrected chi connectivity index (χ4v) is 1.84. The van der Waals surface area contributed by atoms with E-state index in [9.17, 15) is 13.2 Å². The van der Waals surface area contributed by atoms with Crippen LogP contribution >= 0.6 is 11.6 Å². The molecule has 0 radical (unpaired) electrons. The molecule has 0 atom stereocenters. The van der Waals surface area contributed by atoms with Gasteiger partial charge >= 0.3 is 6.18 Å². The monoisotopic (exact) mass is 248 g/mol. The van der Waals surface area contributed by atoms with Gasteiger partial charge in [-0.3, -0.25) is 0 Å². The molecule has 2 nitrogen and oxygen atoms in total. The lowest BCUT2D eigenvalue weighted by atomic mass is 10.1. The van der Waals surface area contributed by atoms with Crippen LogP contribution in [0.4, 0.5) is 13.2 Å². The van der Waals surface area contributed by atoms with Gasteiger partial charge < -0.3 is 10.7 Å². The molecule has 16 heavy (non-hydrogen) atoms. The summed E-state index contributed by atoms with van der Waals surface area (Å²) < 4.78 is 37.6. The molecule has 0 saturated heterocycles. The molecular weight excluding hydrogens is 241 g/mol. The summed E-state index contributed by atoms with van der Waals surface area (Å²) in [6.45, 7) is 0.263. The highest BCUT2D eigenvalue weighted by molar-refractivity contribution is 6.36. The van der Waals surface area contributed by atoms with E-state index in [2.05, 4.69) is 4.98 Å². The van der Waals surface area contributed by atoms with E-state index >= 15 is 0 Å². The molecule has 0 aliphatic heterocycles. The number of hydrogen-bond donors (Lipinski definition) is 2. The molecule has 0 saturated carbocycles. The number of fused-ring (bicyclic) bond motifs is 1. The average Bonchev–Trinajstić information content (AvgIpc) is 2.55. The number of nitrogens with two attached hydrogens (primary N) is 1.